The predicted octanol–water partition coefficient (Wildman–Crippen LogP) is 2.74. The lowest BCUT2D eigenvalue weighted by Crippen LogP contribution is -2.30. The summed E-state index contributed by atoms with van der Waals surface area (Å²) in [7, 11) is 0. The minimum absolute atomic E-state index is 0.0421. The summed E-state index contributed by atoms with van der Waals surface area (Å²) in [5, 5.41) is 4.09. The van der Waals surface area contributed by atoms with E-state index in [2.05, 4.69) is 15.1 Å². The van der Waals surface area contributed by atoms with Crippen molar-refractivity contribution >= 4 is 5.91 Å². The van der Waals surface area contributed by atoms with Crippen LogP contribution < -0.4 is 0 Å². The Kier molecular flexibility index (Phi) is 6.51. The van der Waals surface area contributed by atoms with Crippen molar-refractivity contribution in [1.82, 2.24) is 20.0 Å². The van der Waals surface area contributed by atoms with E-state index in [4.69, 9.17) is 14.0 Å². The summed E-state index contributed by atoms with van der Waals surface area (Å²) in [6.45, 7) is 5.57. The molecule has 2 aliphatic rings. The molecule has 8 heteroatoms. The first-order valence-corrected chi connectivity index (χ1v) is 10.4. The van der Waals surface area contributed by atoms with Crippen LogP contribution in [-0.2, 0) is 15.9 Å². The van der Waals surface area contributed by atoms with Crippen LogP contribution in [-0.4, -0.2) is 58.9 Å². The number of hydrogen-bond acceptors (Lipinski definition) is 7. The normalized spacial score (nSPS) is 20.3. The van der Waals surface area contributed by atoms with E-state index >= 15 is 0 Å². The molecule has 4 heterocycles. The third kappa shape index (κ3) is 5.00. The number of likely N-dealkylation sites (tertiary alicyclic amines) is 1. The number of carbonyl (C=O) groups is 1. The smallest absolute Gasteiger partial charge is 0.256 e. The zero-order valence-electron chi connectivity index (χ0n) is 16.9. The second kappa shape index (κ2) is 9.45. The van der Waals surface area contributed by atoms with Gasteiger partial charge in [-0.25, -0.2) is 0 Å². The number of nitrogens with zero attached hydrogens (tertiary/aromatic N) is 4. The highest BCUT2D eigenvalue weighted by atomic mass is 16.5. The fraction of sp³-hybridized carbons (Fsp3) is 0.619. The molecule has 0 aliphatic carbocycles. The number of pyridine rings is 1. The summed E-state index contributed by atoms with van der Waals surface area (Å²) >= 11 is 0. The number of rotatable bonds is 7. The molecular formula is C21H28N4O4. The monoisotopic (exact) mass is 400 g/mol. The summed E-state index contributed by atoms with van der Waals surface area (Å²) < 4.78 is 16.6. The fourth-order valence-corrected chi connectivity index (χ4v) is 3.86. The highest BCUT2D eigenvalue weighted by molar-refractivity contribution is 5.94. The van der Waals surface area contributed by atoms with Crippen LogP contribution in [0.5, 0.6) is 0 Å². The van der Waals surface area contributed by atoms with E-state index in [1.54, 1.807) is 6.20 Å². The molecule has 0 radical (unpaired) electrons. The molecule has 0 aromatic carbocycles. The molecule has 0 saturated carbocycles. The van der Waals surface area contributed by atoms with Crippen molar-refractivity contribution in [2.45, 2.75) is 45.1 Å². The molecule has 1 atom stereocenters. The van der Waals surface area contributed by atoms with Gasteiger partial charge in [0.1, 0.15) is 6.04 Å². The standard InChI is InChI=1S/C21H28N4O4/c1-15-4-5-17(13-22-15)21(26)25-9-2-3-18(25)20-23-19(24-29-20)8-12-28-14-16-6-10-27-11-7-16/h4-5,13,16,18H,2-3,6-12,14H2,1H3. The largest absolute Gasteiger partial charge is 0.381 e. The van der Waals surface area contributed by atoms with Gasteiger partial charge in [0.2, 0.25) is 5.89 Å². The van der Waals surface area contributed by atoms with Gasteiger partial charge < -0.3 is 18.9 Å². The van der Waals surface area contributed by atoms with Crippen molar-refractivity contribution in [3.8, 4) is 0 Å². The maximum atomic E-state index is 12.9. The number of hydrogen-bond donors (Lipinski definition) is 0. The van der Waals surface area contributed by atoms with Crippen molar-refractivity contribution in [3.63, 3.8) is 0 Å². The second-order valence-corrected chi connectivity index (χ2v) is 7.77. The molecule has 4 rings (SSSR count). The molecule has 29 heavy (non-hydrogen) atoms. The van der Waals surface area contributed by atoms with E-state index in [-0.39, 0.29) is 11.9 Å². The molecular weight excluding hydrogens is 372 g/mol. The highest BCUT2D eigenvalue weighted by Crippen LogP contribution is 2.32. The number of ether oxygens (including phenoxy) is 2. The minimum atomic E-state index is -0.173. The summed E-state index contributed by atoms with van der Waals surface area (Å²) in [6.07, 6.45) is 6.11. The molecule has 1 amide bonds. The Morgan fingerprint density at radius 1 is 1.28 bits per heavy atom. The Labute approximate surface area is 170 Å². The van der Waals surface area contributed by atoms with Gasteiger partial charge in [0, 0.05) is 44.7 Å². The Balaban J connectivity index is 1.30. The third-order valence-electron chi connectivity index (χ3n) is 5.61. The van der Waals surface area contributed by atoms with Gasteiger partial charge in [-0.05, 0) is 50.7 Å². The van der Waals surface area contributed by atoms with Gasteiger partial charge >= 0.3 is 0 Å². The van der Waals surface area contributed by atoms with E-state index in [1.807, 2.05) is 24.0 Å². The van der Waals surface area contributed by atoms with Gasteiger partial charge in [-0.15, -0.1) is 0 Å². The van der Waals surface area contributed by atoms with Crippen LogP contribution in [0, 0.1) is 12.8 Å². The lowest BCUT2D eigenvalue weighted by Gasteiger charge is -2.21. The van der Waals surface area contributed by atoms with Gasteiger partial charge in [-0.3, -0.25) is 9.78 Å². The van der Waals surface area contributed by atoms with Crippen LogP contribution in [0.15, 0.2) is 22.9 Å². The van der Waals surface area contributed by atoms with E-state index < -0.39 is 0 Å². The quantitative estimate of drug-likeness (QED) is 0.660. The van der Waals surface area contributed by atoms with Gasteiger partial charge in [0.05, 0.1) is 12.2 Å². The second-order valence-electron chi connectivity index (χ2n) is 7.77. The Hall–Kier alpha value is -2.32. The molecule has 0 bridgehead atoms. The molecule has 2 aromatic heterocycles. The maximum absolute atomic E-state index is 12.9. The van der Waals surface area contributed by atoms with Gasteiger partial charge in [0.15, 0.2) is 5.82 Å². The Morgan fingerprint density at radius 2 is 2.14 bits per heavy atom. The highest BCUT2D eigenvalue weighted by Gasteiger charge is 2.34. The molecule has 8 nitrogen and oxygen atoms in total. The van der Waals surface area contributed by atoms with Crippen LogP contribution >= 0.6 is 0 Å². The molecule has 156 valence electrons. The Bertz CT molecular complexity index is 801. The summed E-state index contributed by atoms with van der Waals surface area (Å²) in [4.78, 5) is 23.4. The first-order chi connectivity index (χ1) is 14.2. The van der Waals surface area contributed by atoms with E-state index in [0.717, 1.165) is 51.2 Å². The van der Waals surface area contributed by atoms with Crippen molar-refractivity contribution in [2.24, 2.45) is 5.92 Å². The first-order valence-electron chi connectivity index (χ1n) is 10.4. The van der Waals surface area contributed by atoms with Crippen molar-refractivity contribution in [1.29, 1.82) is 0 Å². The molecule has 0 spiro atoms. The molecule has 2 aromatic rings. The molecule has 2 aliphatic heterocycles. The van der Waals surface area contributed by atoms with Gasteiger partial charge in [0.25, 0.3) is 5.91 Å². The number of carbonyl (C=O) groups excluding carboxylic acids is 1. The van der Waals surface area contributed by atoms with Crippen LogP contribution in [0.1, 0.15) is 59.5 Å². The molecule has 2 fully saturated rings. The zero-order chi connectivity index (χ0) is 20.1. The zero-order valence-corrected chi connectivity index (χ0v) is 16.9. The fourth-order valence-electron chi connectivity index (χ4n) is 3.86. The van der Waals surface area contributed by atoms with Crippen LogP contribution in [0.3, 0.4) is 0 Å². The minimum Gasteiger partial charge on any atom is -0.381 e. The van der Waals surface area contributed by atoms with Crippen molar-refractivity contribution in [2.75, 3.05) is 33.0 Å². The summed E-state index contributed by atoms with van der Waals surface area (Å²) in [6, 6.07) is 3.49. The molecule has 2 saturated heterocycles. The summed E-state index contributed by atoms with van der Waals surface area (Å²) in [5.41, 5.74) is 1.48. The maximum Gasteiger partial charge on any atom is 0.256 e. The average Bonchev–Trinajstić information content (AvgIpc) is 3.41. The van der Waals surface area contributed by atoms with Crippen molar-refractivity contribution in [3.05, 3.63) is 41.3 Å². The van der Waals surface area contributed by atoms with Crippen LogP contribution in [0.4, 0.5) is 0 Å². The number of aryl methyl sites for hydroxylation is 1. The average molecular weight is 400 g/mol. The topological polar surface area (TPSA) is 90.6 Å². The number of amides is 1. The Morgan fingerprint density at radius 3 is 2.93 bits per heavy atom. The van der Waals surface area contributed by atoms with Crippen molar-refractivity contribution < 1.29 is 18.8 Å². The predicted molar refractivity (Wildman–Crippen MR) is 104 cm³/mol. The van der Waals surface area contributed by atoms with E-state index in [9.17, 15) is 4.79 Å². The molecule has 0 N–H and O–H groups in total. The van der Waals surface area contributed by atoms with Gasteiger partial charge in [-0.1, -0.05) is 5.16 Å². The van der Waals surface area contributed by atoms with Crippen LogP contribution in [0.2, 0.25) is 0 Å². The molecule has 1 unspecified atom stereocenters. The van der Waals surface area contributed by atoms with Crippen LogP contribution in [0.25, 0.3) is 0 Å². The van der Waals surface area contributed by atoms with Gasteiger partial charge in [-0.2, -0.15) is 4.98 Å². The lowest BCUT2D eigenvalue weighted by molar-refractivity contribution is 0.0211. The SMILES string of the molecule is Cc1ccc(C(=O)N2CCCC2c2nc(CCOCC3CCOCC3)no2)cn1. The van der Waals surface area contributed by atoms with E-state index in [1.165, 1.54) is 0 Å². The lowest BCUT2D eigenvalue weighted by atomic mass is 10.0. The third-order valence-corrected chi connectivity index (χ3v) is 5.61. The number of aromatic nitrogens is 3. The van der Waals surface area contributed by atoms with E-state index in [0.29, 0.717) is 42.8 Å². The summed E-state index contributed by atoms with van der Waals surface area (Å²) in [5.74, 6) is 1.68. The first kappa shape index (κ1) is 20.0.